The van der Waals surface area contributed by atoms with Crippen molar-refractivity contribution in [3.63, 3.8) is 0 Å². The van der Waals surface area contributed by atoms with E-state index in [4.69, 9.17) is 4.74 Å². The van der Waals surface area contributed by atoms with Crippen LogP contribution in [0.25, 0.3) is 0 Å². The first-order valence-electron chi connectivity index (χ1n) is 6.88. The van der Waals surface area contributed by atoms with Crippen LogP contribution < -0.4 is 10.6 Å². The first-order chi connectivity index (χ1) is 8.24. The van der Waals surface area contributed by atoms with Crippen LogP contribution in [0.3, 0.4) is 0 Å². The molecule has 3 unspecified atom stereocenters. The molecule has 1 amide bonds. The van der Waals surface area contributed by atoms with Gasteiger partial charge in [-0.3, -0.25) is 4.79 Å². The van der Waals surface area contributed by atoms with Crippen molar-refractivity contribution in [2.75, 3.05) is 13.2 Å². The largest absolute Gasteiger partial charge is 0.378 e. The third-order valence-electron chi connectivity index (χ3n) is 3.74. The first kappa shape index (κ1) is 12.8. The van der Waals surface area contributed by atoms with Crippen LogP contribution in [-0.2, 0) is 9.53 Å². The Labute approximate surface area is 103 Å². The van der Waals surface area contributed by atoms with E-state index in [2.05, 4.69) is 17.6 Å². The highest BCUT2D eigenvalue weighted by molar-refractivity contribution is 5.76. The molecule has 2 saturated heterocycles. The Morgan fingerprint density at radius 3 is 2.94 bits per heavy atom. The molecular weight excluding hydrogens is 216 g/mol. The van der Waals surface area contributed by atoms with Crippen LogP contribution in [0.2, 0.25) is 0 Å². The number of hydrogen-bond donors (Lipinski definition) is 2. The Balaban J connectivity index is 1.60. The standard InChI is InChI=1S/C13H24N2O2/c1-10-4-5-11(9-14-10)15-13(16)7-6-12-3-2-8-17-12/h10-12,14H,2-9H2,1H3,(H,15,16). The fraction of sp³-hybridized carbons (Fsp3) is 0.923. The summed E-state index contributed by atoms with van der Waals surface area (Å²) in [5, 5.41) is 6.50. The van der Waals surface area contributed by atoms with Gasteiger partial charge in [-0.25, -0.2) is 0 Å². The maximum atomic E-state index is 11.8. The monoisotopic (exact) mass is 240 g/mol. The second-order valence-electron chi connectivity index (χ2n) is 5.32. The van der Waals surface area contributed by atoms with Crippen LogP contribution in [0.4, 0.5) is 0 Å². The van der Waals surface area contributed by atoms with Gasteiger partial charge in [-0.2, -0.15) is 0 Å². The van der Waals surface area contributed by atoms with Gasteiger partial charge in [-0.15, -0.1) is 0 Å². The Bertz CT molecular complexity index is 244. The second-order valence-corrected chi connectivity index (χ2v) is 5.32. The Morgan fingerprint density at radius 2 is 2.29 bits per heavy atom. The van der Waals surface area contributed by atoms with Crippen LogP contribution in [0.5, 0.6) is 0 Å². The molecule has 0 aromatic heterocycles. The van der Waals surface area contributed by atoms with Gasteiger partial charge in [0.1, 0.15) is 0 Å². The van der Waals surface area contributed by atoms with Crippen LogP contribution in [0.1, 0.15) is 45.4 Å². The molecule has 3 atom stereocenters. The van der Waals surface area contributed by atoms with Crippen molar-refractivity contribution in [1.29, 1.82) is 0 Å². The summed E-state index contributed by atoms with van der Waals surface area (Å²) in [6.07, 6.45) is 6.33. The minimum absolute atomic E-state index is 0.182. The smallest absolute Gasteiger partial charge is 0.220 e. The lowest BCUT2D eigenvalue weighted by Crippen LogP contribution is -2.48. The van der Waals surface area contributed by atoms with Gasteiger partial charge in [0.05, 0.1) is 6.10 Å². The number of hydrogen-bond acceptors (Lipinski definition) is 3. The third kappa shape index (κ3) is 4.28. The Kier molecular flexibility index (Phi) is 4.80. The average Bonchev–Trinajstić information content (AvgIpc) is 2.83. The summed E-state index contributed by atoms with van der Waals surface area (Å²) >= 11 is 0. The molecule has 2 aliphatic heterocycles. The summed E-state index contributed by atoms with van der Waals surface area (Å²) < 4.78 is 5.52. The van der Waals surface area contributed by atoms with E-state index in [1.165, 1.54) is 0 Å². The van der Waals surface area contributed by atoms with E-state index < -0.39 is 0 Å². The van der Waals surface area contributed by atoms with Crippen molar-refractivity contribution in [2.45, 2.75) is 63.6 Å². The highest BCUT2D eigenvalue weighted by atomic mass is 16.5. The van der Waals surface area contributed by atoms with Gasteiger partial charge in [0.15, 0.2) is 0 Å². The molecule has 2 heterocycles. The molecule has 2 N–H and O–H groups in total. The predicted molar refractivity (Wildman–Crippen MR) is 66.8 cm³/mol. The molecule has 0 bridgehead atoms. The molecule has 17 heavy (non-hydrogen) atoms. The van der Waals surface area contributed by atoms with Gasteiger partial charge in [0, 0.05) is 31.7 Å². The van der Waals surface area contributed by atoms with Crippen molar-refractivity contribution in [3.05, 3.63) is 0 Å². The lowest BCUT2D eigenvalue weighted by molar-refractivity contribution is -0.122. The van der Waals surface area contributed by atoms with Crippen molar-refractivity contribution >= 4 is 5.91 Å². The maximum Gasteiger partial charge on any atom is 0.220 e. The summed E-state index contributed by atoms with van der Waals surface area (Å²) in [5.74, 6) is 0.182. The van der Waals surface area contributed by atoms with Crippen molar-refractivity contribution in [2.24, 2.45) is 0 Å². The normalized spacial score (nSPS) is 33.6. The van der Waals surface area contributed by atoms with Crippen molar-refractivity contribution < 1.29 is 9.53 Å². The maximum absolute atomic E-state index is 11.8. The molecule has 0 aliphatic carbocycles. The zero-order valence-corrected chi connectivity index (χ0v) is 10.7. The van der Waals surface area contributed by atoms with E-state index in [0.717, 1.165) is 45.3 Å². The van der Waals surface area contributed by atoms with Gasteiger partial charge < -0.3 is 15.4 Å². The van der Waals surface area contributed by atoms with E-state index in [0.29, 0.717) is 24.6 Å². The number of amides is 1. The second kappa shape index (κ2) is 6.36. The zero-order chi connectivity index (χ0) is 12.1. The number of carbonyl (C=O) groups excluding carboxylic acids is 1. The van der Waals surface area contributed by atoms with E-state index in [-0.39, 0.29) is 5.91 Å². The molecule has 2 rings (SSSR count). The highest BCUT2D eigenvalue weighted by Gasteiger charge is 2.20. The van der Waals surface area contributed by atoms with E-state index >= 15 is 0 Å². The fourth-order valence-corrected chi connectivity index (χ4v) is 2.59. The van der Waals surface area contributed by atoms with Gasteiger partial charge in [0.2, 0.25) is 5.91 Å². The summed E-state index contributed by atoms with van der Waals surface area (Å²) in [4.78, 5) is 11.8. The van der Waals surface area contributed by atoms with Gasteiger partial charge in [0.25, 0.3) is 0 Å². The van der Waals surface area contributed by atoms with Crippen LogP contribution in [0, 0.1) is 0 Å². The lowest BCUT2D eigenvalue weighted by atomic mass is 10.0. The molecular formula is C13H24N2O2. The molecule has 2 aliphatic rings. The Hall–Kier alpha value is -0.610. The molecule has 0 radical (unpaired) electrons. The molecule has 2 fully saturated rings. The summed E-state index contributed by atoms with van der Waals surface area (Å²) in [5.41, 5.74) is 0. The molecule has 4 nitrogen and oxygen atoms in total. The minimum Gasteiger partial charge on any atom is -0.378 e. The number of ether oxygens (including phenoxy) is 1. The fourth-order valence-electron chi connectivity index (χ4n) is 2.59. The van der Waals surface area contributed by atoms with Gasteiger partial charge in [-0.05, 0) is 39.0 Å². The van der Waals surface area contributed by atoms with Crippen LogP contribution in [0.15, 0.2) is 0 Å². The summed E-state index contributed by atoms with van der Waals surface area (Å²) in [7, 11) is 0. The van der Waals surface area contributed by atoms with Gasteiger partial charge >= 0.3 is 0 Å². The average molecular weight is 240 g/mol. The minimum atomic E-state index is 0.182. The van der Waals surface area contributed by atoms with E-state index in [1.807, 2.05) is 0 Å². The zero-order valence-electron chi connectivity index (χ0n) is 10.7. The first-order valence-corrected chi connectivity index (χ1v) is 6.88. The SMILES string of the molecule is CC1CCC(NC(=O)CCC2CCCO2)CN1. The number of nitrogens with one attached hydrogen (secondary N) is 2. The molecule has 4 heteroatoms. The lowest BCUT2D eigenvalue weighted by Gasteiger charge is -2.28. The summed E-state index contributed by atoms with van der Waals surface area (Å²) in [6, 6.07) is 0.915. The predicted octanol–water partition coefficient (Wildman–Crippen LogP) is 1.20. The highest BCUT2D eigenvalue weighted by Crippen LogP contribution is 2.16. The van der Waals surface area contributed by atoms with E-state index in [9.17, 15) is 4.79 Å². The number of rotatable bonds is 4. The quantitative estimate of drug-likeness (QED) is 0.776. The molecule has 0 aromatic rings. The van der Waals surface area contributed by atoms with Crippen molar-refractivity contribution in [1.82, 2.24) is 10.6 Å². The topological polar surface area (TPSA) is 50.4 Å². The number of carbonyl (C=O) groups is 1. The third-order valence-corrected chi connectivity index (χ3v) is 3.74. The molecule has 0 spiro atoms. The molecule has 98 valence electrons. The van der Waals surface area contributed by atoms with Gasteiger partial charge in [-0.1, -0.05) is 0 Å². The Morgan fingerprint density at radius 1 is 1.41 bits per heavy atom. The summed E-state index contributed by atoms with van der Waals surface area (Å²) in [6.45, 7) is 3.97. The van der Waals surface area contributed by atoms with Crippen LogP contribution >= 0.6 is 0 Å². The van der Waals surface area contributed by atoms with E-state index in [1.54, 1.807) is 0 Å². The number of piperidine rings is 1. The molecule has 0 saturated carbocycles. The van der Waals surface area contributed by atoms with Crippen LogP contribution in [-0.4, -0.2) is 37.2 Å². The van der Waals surface area contributed by atoms with Crippen molar-refractivity contribution in [3.8, 4) is 0 Å². The molecule has 0 aromatic carbocycles.